The Balaban J connectivity index is 1.38. The van der Waals surface area contributed by atoms with Gasteiger partial charge in [-0.1, -0.05) is 98.8 Å². The van der Waals surface area contributed by atoms with E-state index in [1.165, 1.54) is 23.9 Å². The average Bonchev–Trinajstić information content (AvgIpc) is 3.11. The molecular formula is C40H35N3O5S. The zero-order valence-electron chi connectivity index (χ0n) is 26.9. The molecule has 0 aliphatic carbocycles. The van der Waals surface area contributed by atoms with Gasteiger partial charge in [-0.05, 0) is 77.2 Å². The van der Waals surface area contributed by atoms with E-state index in [1.807, 2.05) is 66.7 Å². The van der Waals surface area contributed by atoms with Crippen LogP contribution in [-0.4, -0.2) is 28.8 Å². The molecule has 0 radical (unpaired) electrons. The van der Waals surface area contributed by atoms with Gasteiger partial charge in [-0.2, -0.15) is 0 Å². The Hall–Kier alpha value is -5.93. The number of anilines is 2. The number of nitrogens with one attached hydrogen (secondary N) is 3. The molecule has 3 amide bonds. The average molecular weight is 670 g/mol. The highest BCUT2D eigenvalue weighted by Gasteiger charge is 2.23. The van der Waals surface area contributed by atoms with E-state index in [0.29, 0.717) is 27.8 Å². The maximum atomic E-state index is 13.7. The third-order valence-corrected chi connectivity index (χ3v) is 8.75. The van der Waals surface area contributed by atoms with Crippen molar-refractivity contribution < 1.29 is 24.3 Å². The van der Waals surface area contributed by atoms with E-state index in [2.05, 4.69) is 29.8 Å². The van der Waals surface area contributed by atoms with Gasteiger partial charge in [-0.15, -0.1) is 11.8 Å². The summed E-state index contributed by atoms with van der Waals surface area (Å²) in [5.41, 5.74) is 4.01. The van der Waals surface area contributed by atoms with Crippen molar-refractivity contribution in [1.82, 2.24) is 5.32 Å². The van der Waals surface area contributed by atoms with Crippen molar-refractivity contribution in [1.29, 1.82) is 0 Å². The standard InChI is InChI=1S/C40H35N3O5S/c1-26(2)28-21-19-27(20-22-28)23-35(43-37(44)30-13-7-4-8-14-30)38(45)41-33-17-10-18-34(25-33)49-36(29-11-5-3-6-12-29)39(46)42-32-16-9-15-31(24-32)40(47)48/h3-26,36H,1-2H3,(H,41,45)(H,42,46)(H,43,44)(H,47,48)/b35-23+. The first-order chi connectivity index (χ1) is 23.7. The van der Waals surface area contributed by atoms with Gasteiger partial charge >= 0.3 is 5.97 Å². The molecule has 49 heavy (non-hydrogen) atoms. The summed E-state index contributed by atoms with van der Waals surface area (Å²) in [4.78, 5) is 52.6. The van der Waals surface area contributed by atoms with Gasteiger partial charge in [0, 0.05) is 21.8 Å². The highest BCUT2D eigenvalue weighted by atomic mass is 32.2. The van der Waals surface area contributed by atoms with Gasteiger partial charge < -0.3 is 21.1 Å². The summed E-state index contributed by atoms with van der Waals surface area (Å²) in [6.45, 7) is 4.20. The normalized spacial score (nSPS) is 11.8. The van der Waals surface area contributed by atoms with Crippen LogP contribution in [0.2, 0.25) is 0 Å². The van der Waals surface area contributed by atoms with Crippen LogP contribution in [0.5, 0.6) is 0 Å². The molecule has 0 spiro atoms. The number of thioether (sulfide) groups is 1. The van der Waals surface area contributed by atoms with Crippen molar-refractivity contribution in [2.75, 3.05) is 10.6 Å². The fourth-order valence-corrected chi connectivity index (χ4v) is 5.99. The Morgan fingerprint density at radius 3 is 1.92 bits per heavy atom. The second kappa shape index (κ2) is 16.3. The first-order valence-electron chi connectivity index (χ1n) is 15.6. The molecule has 0 bridgehead atoms. The van der Waals surface area contributed by atoms with E-state index < -0.39 is 23.0 Å². The molecule has 0 heterocycles. The monoisotopic (exact) mass is 669 g/mol. The highest BCUT2D eigenvalue weighted by Crippen LogP contribution is 2.37. The van der Waals surface area contributed by atoms with E-state index in [0.717, 1.165) is 16.7 Å². The minimum absolute atomic E-state index is 0.0612. The SMILES string of the molecule is CC(C)c1ccc(/C=C(/NC(=O)c2ccccc2)C(=O)Nc2cccc(SC(C(=O)Nc3cccc(C(=O)O)c3)c3ccccc3)c2)cc1. The molecule has 0 aliphatic rings. The van der Waals surface area contributed by atoms with Gasteiger partial charge in [-0.25, -0.2) is 4.79 Å². The molecule has 1 unspecified atom stereocenters. The second-order valence-electron chi connectivity index (χ2n) is 11.5. The summed E-state index contributed by atoms with van der Waals surface area (Å²) in [5, 5.41) is 17.2. The van der Waals surface area contributed by atoms with Crippen LogP contribution < -0.4 is 16.0 Å². The van der Waals surface area contributed by atoms with Crippen LogP contribution in [0.4, 0.5) is 11.4 Å². The van der Waals surface area contributed by atoms with E-state index >= 15 is 0 Å². The van der Waals surface area contributed by atoms with Gasteiger partial charge in [0.05, 0.1) is 5.56 Å². The highest BCUT2D eigenvalue weighted by molar-refractivity contribution is 8.00. The van der Waals surface area contributed by atoms with Crippen LogP contribution in [0.25, 0.3) is 6.08 Å². The summed E-state index contributed by atoms with van der Waals surface area (Å²) in [5.74, 6) is -2.03. The number of hydrogen-bond donors (Lipinski definition) is 4. The maximum Gasteiger partial charge on any atom is 0.335 e. The summed E-state index contributed by atoms with van der Waals surface area (Å²) in [6, 6.07) is 38.8. The topological polar surface area (TPSA) is 125 Å². The first-order valence-corrected chi connectivity index (χ1v) is 16.5. The van der Waals surface area contributed by atoms with Crippen molar-refractivity contribution >= 4 is 52.9 Å². The van der Waals surface area contributed by atoms with Crippen LogP contribution in [0.1, 0.15) is 62.4 Å². The molecule has 246 valence electrons. The molecule has 5 rings (SSSR count). The Morgan fingerprint density at radius 2 is 1.27 bits per heavy atom. The predicted molar refractivity (Wildman–Crippen MR) is 195 cm³/mol. The smallest absolute Gasteiger partial charge is 0.335 e. The van der Waals surface area contributed by atoms with Gasteiger partial charge in [0.2, 0.25) is 5.91 Å². The number of aromatic carboxylic acids is 1. The molecule has 4 N–H and O–H groups in total. The number of carbonyl (C=O) groups excluding carboxylic acids is 3. The molecule has 1 atom stereocenters. The minimum Gasteiger partial charge on any atom is -0.478 e. The zero-order valence-corrected chi connectivity index (χ0v) is 27.7. The van der Waals surface area contributed by atoms with Crippen molar-refractivity contribution in [2.45, 2.75) is 29.9 Å². The Bertz CT molecular complexity index is 1980. The molecule has 0 saturated carbocycles. The number of rotatable bonds is 12. The van der Waals surface area contributed by atoms with Crippen LogP contribution in [0, 0.1) is 0 Å². The largest absolute Gasteiger partial charge is 0.478 e. The molecule has 5 aromatic rings. The van der Waals surface area contributed by atoms with Gasteiger partial charge in [0.1, 0.15) is 10.9 Å². The van der Waals surface area contributed by atoms with E-state index in [4.69, 9.17) is 0 Å². The molecule has 0 saturated heterocycles. The number of hydrogen-bond acceptors (Lipinski definition) is 5. The number of benzene rings is 5. The molecular weight excluding hydrogens is 635 g/mol. The number of carboxylic acids is 1. The molecule has 9 heteroatoms. The van der Waals surface area contributed by atoms with Gasteiger partial charge in [-0.3, -0.25) is 14.4 Å². The fourth-order valence-electron chi connectivity index (χ4n) is 4.91. The van der Waals surface area contributed by atoms with Crippen molar-refractivity contribution in [3.8, 4) is 0 Å². The lowest BCUT2D eigenvalue weighted by Crippen LogP contribution is -2.30. The maximum absolute atomic E-state index is 13.7. The zero-order chi connectivity index (χ0) is 34.8. The summed E-state index contributed by atoms with van der Waals surface area (Å²) in [6.07, 6.45) is 1.63. The number of carboxylic acid groups (broad SMARTS) is 1. The van der Waals surface area contributed by atoms with E-state index in [-0.39, 0.29) is 17.2 Å². The molecule has 0 aliphatic heterocycles. The predicted octanol–water partition coefficient (Wildman–Crippen LogP) is 8.39. The summed E-state index contributed by atoms with van der Waals surface area (Å²) in [7, 11) is 0. The Morgan fingerprint density at radius 1 is 0.653 bits per heavy atom. The third kappa shape index (κ3) is 9.56. The fraction of sp³-hybridized carbons (Fsp3) is 0.100. The van der Waals surface area contributed by atoms with Crippen LogP contribution in [0.15, 0.2) is 144 Å². The summed E-state index contributed by atoms with van der Waals surface area (Å²) < 4.78 is 0. The third-order valence-electron chi connectivity index (χ3n) is 7.51. The molecule has 0 aromatic heterocycles. The van der Waals surface area contributed by atoms with Gasteiger partial charge in [0.25, 0.3) is 11.8 Å². The van der Waals surface area contributed by atoms with Crippen molar-refractivity contribution in [3.63, 3.8) is 0 Å². The molecule has 5 aromatic carbocycles. The van der Waals surface area contributed by atoms with Crippen molar-refractivity contribution in [3.05, 3.63) is 167 Å². The first kappa shape index (κ1) is 34.4. The van der Waals surface area contributed by atoms with Crippen LogP contribution in [0.3, 0.4) is 0 Å². The van der Waals surface area contributed by atoms with Gasteiger partial charge in [0.15, 0.2) is 0 Å². The quantitative estimate of drug-likeness (QED) is 0.0782. The summed E-state index contributed by atoms with van der Waals surface area (Å²) >= 11 is 1.28. The van der Waals surface area contributed by atoms with Crippen LogP contribution >= 0.6 is 11.8 Å². The Kier molecular flexibility index (Phi) is 11.4. The van der Waals surface area contributed by atoms with Crippen molar-refractivity contribution in [2.24, 2.45) is 0 Å². The van der Waals surface area contributed by atoms with Crippen LogP contribution in [-0.2, 0) is 9.59 Å². The number of amides is 3. The lowest BCUT2D eigenvalue weighted by Gasteiger charge is -2.18. The minimum atomic E-state index is -1.09. The Labute approximate surface area is 289 Å². The lowest BCUT2D eigenvalue weighted by atomic mass is 10.0. The van der Waals surface area contributed by atoms with E-state index in [9.17, 15) is 24.3 Å². The lowest BCUT2D eigenvalue weighted by molar-refractivity contribution is -0.116. The molecule has 8 nitrogen and oxygen atoms in total. The number of carbonyl (C=O) groups is 4. The van der Waals surface area contributed by atoms with E-state index in [1.54, 1.807) is 60.7 Å². The molecule has 0 fully saturated rings. The second-order valence-corrected chi connectivity index (χ2v) is 12.6.